The van der Waals surface area contributed by atoms with Gasteiger partial charge in [-0.25, -0.2) is 0 Å². The first kappa shape index (κ1) is 10.5. The molecule has 2 atom stereocenters. The zero-order valence-corrected chi connectivity index (χ0v) is 8.91. The summed E-state index contributed by atoms with van der Waals surface area (Å²) in [7, 11) is 0. The average molecular weight is 250 g/mol. The van der Waals surface area contributed by atoms with Gasteiger partial charge in [0.1, 0.15) is 0 Å². The molecule has 74 valence electrons. The number of primary amides is 1. The van der Waals surface area contributed by atoms with E-state index in [9.17, 15) is 4.79 Å². The number of hydrogen-bond acceptors (Lipinski definition) is 3. The third-order valence-corrected chi connectivity index (χ3v) is 2.45. The van der Waals surface area contributed by atoms with Crippen molar-refractivity contribution in [1.29, 1.82) is 0 Å². The molecule has 0 unspecified atom stereocenters. The molecule has 0 aromatic carbocycles. The Balaban J connectivity index is 2.60. The molecule has 0 saturated heterocycles. The number of ether oxygens (including phenoxy) is 2. The van der Waals surface area contributed by atoms with E-state index in [2.05, 4.69) is 15.9 Å². The first-order valence-corrected chi connectivity index (χ1v) is 4.99. The van der Waals surface area contributed by atoms with E-state index in [0.717, 1.165) is 0 Å². The van der Waals surface area contributed by atoms with Crippen LogP contribution in [0.15, 0.2) is 11.8 Å². The fraction of sp³-hybridized carbons (Fsp3) is 0.625. The molecule has 1 amide bonds. The van der Waals surface area contributed by atoms with Gasteiger partial charge < -0.3 is 15.2 Å². The highest BCUT2D eigenvalue weighted by Gasteiger charge is 2.27. The van der Waals surface area contributed by atoms with E-state index in [-0.39, 0.29) is 10.6 Å². The number of allylic oxidation sites excluding steroid dienone is 1. The summed E-state index contributed by atoms with van der Waals surface area (Å²) in [4.78, 5) is 10.8. The summed E-state index contributed by atoms with van der Waals surface area (Å²) in [5.74, 6) is -0.363. The van der Waals surface area contributed by atoms with Crippen molar-refractivity contribution in [1.82, 2.24) is 0 Å². The Bertz CT molecular complexity index is 229. The largest absolute Gasteiger partial charge is 0.458 e. The molecule has 2 N–H and O–H groups in total. The van der Waals surface area contributed by atoms with Crippen LogP contribution in [0.1, 0.15) is 13.3 Å². The van der Waals surface area contributed by atoms with Gasteiger partial charge in [-0.1, -0.05) is 15.9 Å². The zero-order valence-electron chi connectivity index (χ0n) is 7.33. The maximum atomic E-state index is 10.8. The number of amides is 1. The number of halogens is 1. The molecule has 0 radical (unpaired) electrons. The first-order valence-electron chi connectivity index (χ1n) is 4.07. The standard InChI is InChI=1S/C8H12BrNO3/c1-2-12-8-5(9)3-4-6(13-8)7(10)11/h4-5,8H,2-3H2,1H3,(H2,10,11)/t5-,8-/m1/s1. The Kier molecular flexibility index (Phi) is 3.74. The van der Waals surface area contributed by atoms with Gasteiger partial charge in [-0.05, 0) is 19.4 Å². The van der Waals surface area contributed by atoms with Crippen molar-refractivity contribution < 1.29 is 14.3 Å². The maximum Gasteiger partial charge on any atom is 0.283 e. The van der Waals surface area contributed by atoms with Gasteiger partial charge in [-0.2, -0.15) is 0 Å². The highest BCUT2D eigenvalue weighted by molar-refractivity contribution is 9.09. The fourth-order valence-corrected chi connectivity index (χ4v) is 1.49. The Labute approximate surface area is 85.2 Å². The van der Waals surface area contributed by atoms with Crippen molar-refractivity contribution in [3.05, 3.63) is 11.8 Å². The Morgan fingerprint density at radius 2 is 2.62 bits per heavy atom. The average Bonchev–Trinajstić information content (AvgIpc) is 2.08. The Morgan fingerprint density at radius 1 is 1.92 bits per heavy atom. The minimum absolute atomic E-state index is 0.0792. The summed E-state index contributed by atoms with van der Waals surface area (Å²) in [6, 6.07) is 0. The van der Waals surface area contributed by atoms with Gasteiger partial charge in [0.2, 0.25) is 6.29 Å². The lowest BCUT2D eigenvalue weighted by Crippen LogP contribution is -2.33. The molecule has 0 saturated carbocycles. The Hall–Kier alpha value is -0.550. The summed E-state index contributed by atoms with van der Waals surface area (Å²) in [5, 5.41) is 0. The fourth-order valence-electron chi connectivity index (χ4n) is 1.04. The zero-order chi connectivity index (χ0) is 9.84. The predicted molar refractivity (Wildman–Crippen MR) is 51.1 cm³/mol. The predicted octanol–water partition coefficient (Wildman–Crippen LogP) is 0.902. The topological polar surface area (TPSA) is 61.6 Å². The van der Waals surface area contributed by atoms with E-state index >= 15 is 0 Å². The Morgan fingerprint density at radius 3 is 3.15 bits per heavy atom. The molecule has 0 fully saturated rings. The van der Waals surface area contributed by atoms with Crippen molar-refractivity contribution >= 4 is 21.8 Å². The van der Waals surface area contributed by atoms with Gasteiger partial charge in [0.05, 0.1) is 4.83 Å². The SMILES string of the molecule is CCO[C@@H]1OC(C(N)=O)=CC[C@H]1Br. The second kappa shape index (κ2) is 4.62. The molecule has 0 aliphatic carbocycles. The van der Waals surface area contributed by atoms with E-state index in [0.29, 0.717) is 13.0 Å². The summed E-state index contributed by atoms with van der Waals surface area (Å²) in [5.41, 5.74) is 5.07. The maximum absolute atomic E-state index is 10.8. The molecular formula is C8H12BrNO3. The van der Waals surface area contributed by atoms with Gasteiger partial charge in [-0.3, -0.25) is 4.79 Å². The number of carbonyl (C=O) groups excluding carboxylic acids is 1. The molecule has 13 heavy (non-hydrogen) atoms. The molecule has 0 aromatic heterocycles. The number of hydrogen-bond donors (Lipinski definition) is 1. The molecule has 0 aromatic rings. The molecule has 5 heteroatoms. The van der Waals surface area contributed by atoms with Gasteiger partial charge in [0.15, 0.2) is 5.76 Å². The second-order valence-electron chi connectivity index (χ2n) is 2.63. The van der Waals surface area contributed by atoms with Crippen molar-refractivity contribution in [2.45, 2.75) is 24.5 Å². The number of carbonyl (C=O) groups is 1. The summed E-state index contributed by atoms with van der Waals surface area (Å²) in [6.45, 7) is 2.41. The van der Waals surface area contributed by atoms with Crippen molar-refractivity contribution in [3.8, 4) is 0 Å². The van der Waals surface area contributed by atoms with E-state index in [1.54, 1.807) is 6.08 Å². The number of rotatable bonds is 3. The van der Waals surface area contributed by atoms with Crippen LogP contribution in [0.4, 0.5) is 0 Å². The van der Waals surface area contributed by atoms with Crippen LogP contribution in [0.2, 0.25) is 0 Å². The molecule has 1 rings (SSSR count). The summed E-state index contributed by atoms with van der Waals surface area (Å²) < 4.78 is 10.5. The van der Waals surface area contributed by atoms with Crippen molar-refractivity contribution in [2.75, 3.05) is 6.61 Å². The van der Waals surface area contributed by atoms with E-state index in [1.165, 1.54) is 0 Å². The van der Waals surface area contributed by atoms with Crippen LogP contribution in [-0.4, -0.2) is 23.6 Å². The van der Waals surface area contributed by atoms with Gasteiger partial charge >= 0.3 is 0 Å². The van der Waals surface area contributed by atoms with Crippen molar-refractivity contribution in [3.63, 3.8) is 0 Å². The number of alkyl halides is 1. The smallest absolute Gasteiger partial charge is 0.283 e. The van der Waals surface area contributed by atoms with Gasteiger partial charge in [0.25, 0.3) is 5.91 Å². The van der Waals surface area contributed by atoms with Crippen LogP contribution in [0.5, 0.6) is 0 Å². The van der Waals surface area contributed by atoms with Crippen LogP contribution >= 0.6 is 15.9 Å². The third kappa shape index (κ3) is 2.70. The van der Waals surface area contributed by atoms with E-state index in [4.69, 9.17) is 15.2 Å². The lowest BCUT2D eigenvalue weighted by Gasteiger charge is -2.26. The summed E-state index contributed by atoms with van der Waals surface area (Å²) in [6.07, 6.45) is 1.93. The van der Waals surface area contributed by atoms with E-state index < -0.39 is 12.2 Å². The molecule has 0 spiro atoms. The highest BCUT2D eigenvalue weighted by Crippen LogP contribution is 2.23. The first-order chi connectivity index (χ1) is 6.15. The monoisotopic (exact) mass is 249 g/mol. The molecule has 0 bridgehead atoms. The van der Waals surface area contributed by atoms with Crippen molar-refractivity contribution in [2.24, 2.45) is 5.73 Å². The third-order valence-electron chi connectivity index (χ3n) is 1.64. The minimum atomic E-state index is -0.552. The van der Waals surface area contributed by atoms with Crippen LogP contribution in [-0.2, 0) is 14.3 Å². The van der Waals surface area contributed by atoms with Gasteiger partial charge in [-0.15, -0.1) is 0 Å². The molecule has 1 aliphatic rings. The van der Waals surface area contributed by atoms with Crippen LogP contribution in [0, 0.1) is 0 Å². The molecule has 1 aliphatic heterocycles. The van der Waals surface area contributed by atoms with Crippen LogP contribution in [0.25, 0.3) is 0 Å². The minimum Gasteiger partial charge on any atom is -0.458 e. The molecule has 1 heterocycles. The molecule has 4 nitrogen and oxygen atoms in total. The van der Waals surface area contributed by atoms with Crippen LogP contribution in [0.3, 0.4) is 0 Å². The quantitative estimate of drug-likeness (QED) is 0.757. The van der Waals surface area contributed by atoms with Gasteiger partial charge in [0, 0.05) is 6.61 Å². The normalized spacial score (nSPS) is 27.7. The number of nitrogens with two attached hydrogens (primary N) is 1. The lowest BCUT2D eigenvalue weighted by atomic mass is 10.2. The summed E-state index contributed by atoms with van der Waals surface area (Å²) >= 11 is 3.39. The second-order valence-corrected chi connectivity index (χ2v) is 3.80. The highest BCUT2D eigenvalue weighted by atomic mass is 79.9. The van der Waals surface area contributed by atoms with Crippen LogP contribution < -0.4 is 5.73 Å². The lowest BCUT2D eigenvalue weighted by molar-refractivity contribution is -0.138. The van der Waals surface area contributed by atoms with E-state index in [1.807, 2.05) is 6.92 Å². The molecular weight excluding hydrogens is 238 g/mol.